The number of thiocarbonyl (C=S) groups is 1. The van der Waals surface area contributed by atoms with Gasteiger partial charge in [-0.05, 0) is 38.4 Å². The predicted molar refractivity (Wildman–Crippen MR) is 62.0 cm³/mol. The van der Waals surface area contributed by atoms with Gasteiger partial charge in [-0.1, -0.05) is 0 Å². The van der Waals surface area contributed by atoms with Gasteiger partial charge < -0.3 is 14.3 Å². The van der Waals surface area contributed by atoms with Crippen LogP contribution in [0.25, 0.3) is 0 Å². The van der Waals surface area contributed by atoms with E-state index in [-0.39, 0.29) is 12.0 Å². The van der Waals surface area contributed by atoms with Gasteiger partial charge in [0.05, 0.1) is 18.6 Å². The fourth-order valence-electron chi connectivity index (χ4n) is 1.84. The Morgan fingerprint density at radius 2 is 2.47 bits per heavy atom. The van der Waals surface area contributed by atoms with Crippen molar-refractivity contribution in [2.45, 2.75) is 38.7 Å². The molecule has 0 amide bonds. The molecule has 1 heterocycles. The molecule has 0 bridgehead atoms. The van der Waals surface area contributed by atoms with E-state index in [2.05, 4.69) is 0 Å². The van der Waals surface area contributed by atoms with E-state index < -0.39 is 0 Å². The van der Waals surface area contributed by atoms with E-state index in [1.807, 2.05) is 6.92 Å². The van der Waals surface area contributed by atoms with Gasteiger partial charge in [-0.25, -0.2) is 0 Å². The van der Waals surface area contributed by atoms with Crippen LogP contribution in [0, 0.1) is 5.92 Å². The monoisotopic (exact) mass is 230 g/mol. The first-order valence-electron chi connectivity index (χ1n) is 5.51. The third-order valence-electron chi connectivity index (χ3n) is 2.60. The SMILES string of the molecule is CCOC(=S)C(CC=O)C1CCCCO1. The van der Waals surface area contributed by atoms with E-state index in [0.29, 0.717) is 18.1 Å². The molecule has 15 heavy (non-hydrogen) atoms. The highest BCUT2D eigenvalue weighted by Crippen LogP contribution is 2.23. The molecule has 0 aliphatic carbocycles. The third kappa shape index (κ3) is 3.87. The van der Waals surface area contributed by atoms with Crippen LogP contribution in [0.15, 0.2) is 0 Å². The van der Waals surface area contributed by atoms with Gasteiger partial charge in [-0.15, -0.1) is 0 Å². The molecular formula is C11H18O3S. The van der Waals surface area contributed by atoms with Crippen molar-refractivity contribution in [3.05, 3.63) is 0 Å². The van der Waals surface area contributed by atoms with Crippen molar-refractivity contribution in [2.75, 3.05) is 13.2 Å². The van der Waals surface area contributed by atoms with E-state index in [4.69, 9.17) is 21.7 Å². The molecular weight excluding hydrogens is 212 g/mol. The lowest BCUT2D eigenvalue weighted by Gasteiger charge is -2.29. The van der Waals surface area contributed by atoms with E-state index in [9.17, 15) is 4.79 Å². The molecule has 1 aliphatic rings. The first-order valence-corrected chi connectivity index (χ1v) is 5.92. The standard InChI is InChI=1S/C11H18O3S/c1-2-13-11(15)9(6-7-12)10-5-3-4-8-14-10/h7,9-10H,2-6,8H2,1H3. The van der Waals surface area contributed by atoms with Gasteiger partial charge in [0.15, 0.2) is 5.05 Å². The molecule has 86 valence electrons. The van der Waals surface area contributed by atoms with Crippen LogP contribution in [0.3, 0.4) is 0 Å². The van der Waals surface area contributed by atoms with Gasteiger partial charge in [0.2, 0.25) is 0 Å². The number of hydrogen-bond acceptors (Lipinski definition) is 4. The van der Waals surface area contributed by atoms with E-state index in [1.54, 1.807) is 0 Å². The summed E-state index contributed by atoms with van der Waals surface area (Å²) in [5.74, 6) is -0.0438. The predicted octanol–water partition coefficient (Wildman–Crippen LogP) is 2.12. The maximum absolute atomic E-state index is 10.6. The number of hydrogen-bond donors (Lipinski definition) is 0. The summed E-state index contributed by atoms with van der Waals surface area (Å²) in [6.07, 6.45) is 4.60. The second-order valence-corrected chi connectivity index (χ2v) is 4.07. The topological polar surface area (TPSA) is 35.5 Å². The summed E-state index contributed by atoms with van der Waals surface area (Å²) in [7, 11) is 0. The van der Waals surface area contributed by atoms with Crippen LogP contribution in [-0.4, -0.2) is 30.7 Å². The first-order chi connectivity index (χ1) is 7.29. The molecule has 1 fully saturated rings. The Labute approximate surface area is 96.1 Å². The highest BCUT2D eigenvalue weighted by Gasteiger charge is 2.28. The number of carbonyl (C=O) groups is 1. The van der Waals surface area contributed by atoms with Gasteiger partial charge in [-0.3, -0.25) is 0 Å². The lowest BCUT2D eigenvalue weighted by molar-refractivity contribution is -0.109. The molecule has 0 aromatic heterocycles. The summed E-state index contributed by atoms with van der Waals surface area (Å²) >= 11 is 5.16. The minimum Gasteiger partial charge on any atom is -0.487 e. The van der Waals surface area contributed by atoms with Gasteiger partial charge in [0, 0.05) is 13.0 Å². The first kappa shape index (κ1) is 12.6. The van der Waals surface area contributed by atoms with Crippen LogP contribution in [0.5, 0.6) is 0 Å². The Morgan fingerprint density at radius 1 is 1.67 bits per heavy atom. The Balaban J connectivity index is 2.54. The van der Waals surface area contributed by atoms with Crippen LogP contribution in [0.2, 0.25) is 0 Å². The van der Waals surface area contributed by atoms with Crippen molar-refractivity contribution >= 4 is 23.6 Å². The maximum atomic E-state index is 10.6. The Morgan fingerprint density at radius 3 is 3.00 bits per heavy atom. The summed E-state index contributed by atoms with van der Waals surface area (Å²) in [5.41, 5.74) is 0. The van der Waals surface area contributed by atoms with Gasteiger partial charge >= 0.3 is 0 Å². The zero-order valence-electron chi connectivity index (χ0n) is 9.11. The second kappa shape index (κ2) is 6.90. The summed E-state index contributed by atoms with van der Waals surface area (Å²) in [5, 5.41) is 0.525. The van der Waals surface area contributed by atoms with Gasteiger partial charge in [-0.2, -0.15) is 0 Å². The largest absolute Gasteiger partial charge is 0.487 e. The molecule has 0 radical (unpaired) electrons. The van der Waals surface area contributed by atoms with Crippen molar-refractivity contribution in [2.24, 2.45) is 5.92 Å². The van der Waals surface area contributed by atoms with Crippen molar-refractivity contribution in [3.63, 3.8) is 0 Å². The fraction of sp³-hybridized carbons (Fsp3) is 0.818. The fourth-order valence-corrected chi connectivity index (χ4v) is 2.20. The normalized spacial score (nSPS) is 23.1. The van der Waals surface area contributed by atoms with E-state index >= 15 is 0 Å². The molecule has 1 saturated heterocycles. The average Bonchev–Trinajstić information content (AvgIpc) is 2.27. The summed E-state index contributed by atoms with van der Waals surface area (Å²) in [4.78, 5) is 10.6. The minimum absolute atomic E-state index is 0.0438. The van der Waals surface area contributed by atoms with Crippen LogP contribution in [-0.2, 0) is 14.3 Å². The van der Waals surface area contributed by atoms with Crippen LogP contribution >= 0.6 is 12.2 Å². The van der Waals surface area contributed by atoms with Crippen molar-refractivity contribution in [1.82, 2.24) is 0 Å². The number of rotatable bonds is 5. The lowest BCUT2D eigenvalue weighted by atomic mass is 9.94. The van der Waals surface area contributed by atoms with Crippen molar-refractivity contribution in [1.29, 1.82) is 0 Å². The van der Waals surface area contributed by atoms with Gasteiger partial charge in [0.25, 0.3) is 0 Å². The molecule has 1 rings (SSSR count). The third-order valence-corrected chi connectivity index (χ3v) is 3.02. The minimum atomic E-state index is -0.0438. The number of ether oxygens (including phenoxy) is 2. The molecule has 0 saturated carbocycles. The highest BCUT2D eigenvalue weighted by atomic mass is 32.1. The Hall–Kier alpha value is -0.480. The molecule has 3 nitrogen and oxygen atoms in total. The molecule has 2 atom stereocenters. The van der Waals surface area contributed by atoms with Crippen molar-refractivity contribution in [3.8, 4) is 0 Å². The smallest absolute Gasteiger partial charge is 0.165 e. The zero-order chi connectivity index (χ0) is 11.1. The lowest BCUT2D eigenvalue weighted by Crippen LogP contribution is -2.34. The van der Waals surface area contributed by atoms with E-state index in [0.717, 1.165) is 32.2 Å². The summed E-state index contributed by atoms with van der Waals surface area (Å²) in [6, 6.07) is 0. The van der Waals surface area contributed by atoms with Crippen LogP contribution in [0.1, 0.15) is 32.6 Å². The molecule has 1 aliphatic heterocycles. The summed E-state index contributed by atoms with van der Waals surface area (Å²) < 4.78 is 10.9. The van der Waals surface area contributed by atoms with Crippen LogP contribution in [0.4, 0.5) is 0 Å². The number of aldehydes is 1. The molecule has 0 N–H and O–H groups in total. The average molecular weight is 230 g/mol. The van der Waals surface area contributed by atoms with Crippen LogP contribution < -0.4 is 0 Å². The van der Waals surface area contributed by atoms with E-state index in [1.165, 1.54) is 0 Å². The molecule has 0 aromatic carbocycles. The molecule has 4 heteroatoms. The molecule has 0 aromatic rings. The molecule has 2 unspecified atom stereocenters. The molecule has 0 spiro atoms. The van der Waals surface area contributed by atoms with Crippen molar-refractivity contribution < 1.29 is 14.3 Å². The summed E-state index contributed by atoms with van der Waals surface area (Å²) in [6.45, 7) is 3.22. The number of carbonyl (C=O) groups excluding carboxylic acids is 1. The highest BCUT2D eigenvalue weighted by molar-refractivity contribution is 7.80. The zero-order valence-corrected chi connectivity index (χ0v) is 9.92. The maximum Gasteiger partial charge on any atom is 0.165 e. The Bertz CT molecular complexity index is 212. The van der Waals surface area contributed by atoms with Gasteiger partial charge in [0.1, 0.15) is 6.29 Å². The Kier molecular flexibility index (Phi) is 5.79. The quantitative estimate of drug-likeness (QED) is 0.535. The second-order valence-electron chi connectivity index (χ2n) is 3.67.